The Kier molecular flexibility index (Phi) is 5.72. The molecule has 3 nitrogen and oxygen atoms in total. The number of allylic oxidation sites excluding steroid dienone is 1. The first-order chi connectivity index (χ1) is 13.8. The zero-order valence-electron chi connectivity index (χ0n) is 19.0. The molecular weight excluding hydrogens is 360 g/mol. The van der Waals surface area contributed by atoms with E-state index in [0.717, 1.165) is 49.4 Å². The fourth-order valence-corrected chi connectivity index (χ4v) is 8.31. The Morgan fingerprint density at radius 1 is 1.14 bits per heavy atom. The molecule has 0 aromatic rings. The fourth-order valence-electron chi connectivity index (χ4n) is 8.31. The topological polar surface area (TPSA) is 43.4 Å². The van der Waals surface area contributed by atoms with E-state index in [-0.39, 0.29) is 11.4 Å². The summed E-state index contributed by atoms with van der Waals surface area (Å²) in [5, 5.41) is 0. The molecule has 0 N–H and O–H groups in total. The summed E-state index contributed by atoms with van der Waals surface area (Å²) in [4.78, 5) is 23.9. The van der Waals surface area contributed by atoms with Crippen LogP contribution in [0, 0.1) is 40.4 Å². The number of carbonyl (C=O) groups excluding carboxylic acids is 2. The summed E-state index contributed by atoms with van der Waals surface area (Å²) in [5.41, 5.74) is 2.17. The first-order valence-corrected chi connectivity index (χ1v) is 12.2. The SMILES string of the molecule is CCOC(=O)CC[C@H](C)[C@H]1CC[C@H]2[C@@H]3CCC4=CC(=O)CC[C@]4(C)[C@H]3CC[C@]12C. The van der Waals surface area contributed by atoms with Gasteiger partial charge in [-0.3, -0.25) is 9.59 Å². The summed E-state index contributed by atoms with van der Waals surface area (Å²) in [6, 6.07) is 0. The van der Waals surface area contributed by atoms with Crippen molar-refractivity contribution in [3.63, 3.8) is 0 Å². The number of hydrogen-bond donors (Lipinski definition) is 0. The van der Waals surface area contributed by atoms with Gasteiger partial charge in [-0.25, -0.2) is 0 Å². The molecule has 162 valence electrons. The second kappa shape index (κ2) is 7.85. The van der Waals surface area contributed by atoms with Crippen LogP contribution in [0.4, 0.5) is 0 Å². The highest BCUT2D eigenvalue weighted by Gasteiger charge is 2.59. The van der Waals surface area contributed by atoms with Gasteiger partial charge >= 0.3 is 5.97 Å². The molecule has 0 radical (unpaired) electrons. The lowest BCUT2D eigenvalue weighted by Crippen LogP contribution is -2.51. The van der Waals surface area contributed by atoms with Crippen LogP contribution in [0.2, 0.25) is 0 Å². The van der Waals surface area contributed by atoms with E-state index in [1.807, 2.05) is 13.0 Å². The van der Waals surface area contributed by atoms with Crippen LogP contribution >= 0.6 is 0 Å². The fraction of sp³-hybridized carbons (Fsp3) is 0.846. The van der Waals surface area contributed by atoms with Crippen molar-refractivity contribution < 1.29 is 14.3 Å². The van der Waals surface area contributed by atoms with Crippen LogP contribution in [0.25, 0.3) is 0 Å². The molecule has 7 atom stereocenters. The Morgan fingerprint density at radius 3 is 2.69 bits per heavy atom. The van der Waals surface area contributed by atoms with Crippen molar-refractivity contribution in [3.8, 4) is 0 Å². The molecule has 29 heavy (non-hydrogen) atoms. The lowest BCUT2D eigenvalue weighted by Gasteiger charge is -2.58. The molecule has 0 saturated heterocycles. The minimum atomic E-state index is -0.0332. The molecule has 4 aliphatic rings. The molecule has 0 aromatic carbocycles. The van der Waals surface area contributed by atoms with E-state index in [0.29, 0.717) is 30.1 Å². The third-order valence-electron chi connectivity index (χ3n) is 9.83. The summed E-state index contributed by atoms with van der Waals surface area (Å²) in [7, 11) is 0. The Bertz CT molecular complexity index is 694. The van der Waals surface area contributed by atoms with E-state index in [4.69, 9.17) is 4.74 Å². The van der Waals surface area contributed by atoms with Crippen molar-refractivity contribution in [3.05, 3.63) is 11.6 Å². The van der Waals surface area contributed by atoms with E-state index >= 15 is 0 Å². The summed E-state index contributed by atoms with van der Waals surface area (Å²) in [6.45, 7) is 9.79. The molecule has 0 amide bonds. The lowest BCUT2D eigenvalue weighted by atomic mass is 9.46. The predicted octanol–water partition coefficient (Wildman–Crippen LogP) is 6.11. The van der Waals surface area contributed by atoms with E-state index in [2.05, 4.69) is 20.8 Å². The minimum Gasteiger partial charge on any atom is -0.466 e. The average Bonchev–Trinajstić information content (AvgIpc) is 3.04. The number of carbonyl (C=O) groups is 2. The summed E-state index contributed by atoms with van der Waals surface area (Å²) < 4.78 is 5.16. The van der Waals surface area contributed by atoms with E-state index in [1.54, 1.807) is 0 Å². The van der Waals surface area contributed by atoms with Gasteiger partial charge in [0, 0.05) is 12.8 Å². The second-order valence-corrected chi connectivity index (χ2v) is 11.0. The second-order valence-electron chi connectivity index (χ2n) is 11.0. The van der Waals surface area contributed by atoms with Crippen LogP contribution in [0.5, 0.6) is 0 Å². The van der Waals surface area contributed by atoms with Gasteiger partial charge < -0.3 is 4.74 Å². The molecule has 4 rings (SSSR count). The van der Waals surface area contributed by atoms with Crippen LogP contribution in [0.15, 0.2) is 11.6 Å². The van der Waals surface area contributed by atoms with Crippen molar-refractivity contribution in [1.82, 2.24) is 0 Å². The first kappa shape index (κ1) is 21.1. The van der Waals surface area contributed by atoms with Crippen molar-refractivity contribution >= 4 is 11.8 Å². The van der Waals surface area contributed by atoms with Crippen molar-refractivity contribution in [2.24, 2.45) is 40.4 Å². The number of esters is 1. The van der Waals surface area contributed by atoms with Crippen molar-refractivity contribution in [1.29, 1.82) is 0 Å². The smallest absolute Gasteiger partial charge is 0.305 e. The van der Waals surface area contributed by atoms with E-state index in [9.17, 15) is 9.59 Å². The molecule has 0 aromatic heterocycles. The maximum Gasteiger partial charge on any atom is 0.305 e. The van der Waals surface area contributed by atoms with E-state index < -0.39 is 0 Å². The highest BCUT2D eigenvalue weighted by molar-refractivity contribution is 5.91. The Morgan fingerprint density at radius 2 is 1.93 bits per heavy atom. The van der Waals surface area contributed by atoms with Gasteiger partial charge in [0.2, 0.25) is 0 Å². The molecule has 0 bridgehead atoms. The molecular formula is C26H40O3. The molecule has 3 heteroatoms. The molecule has 0 aliphatic heterocycles. The molecule has 0 heterocycles. The van der Waals surface area contributed by atoms with Crippen LogP contribution in [0.3, 0.4) is 0 Å². The maximum atomic E-state index is 12.0. The van der Waals surface area contributed by atoms with Crippen LogP contribution < -0.4 is 0 Å². The normalized spacial score (nSPS) is 42.3. The number of ketones is 1. The largest absolute Gasteiger partial charge is 0.466 e. The highest BCUT2D eigenvalue weighted by Crippen LogP contribution is 2.67. The van der Waals surface area contributed by atoms with Crippen molar-refractivity contribution in [2.75, 3.05) is 6.61 Å². The number of fused-ring (bicyclic) bond motifs is 5. The Balaban J connectivity index is 1.48. The van der Waals surface area contributed by atoms with Gasteiger partial charge in [0.05, 0.1) is 6.61 Å². The Labute approximate surface area is 177 Å². The summed E-state index contributed by atoms with van der Waals surface area (Å²) in [6.07, 6.45) is 13.1. The van der Waals surface area contributed by atoms with Gasteiger partial charge in [-0.15, -0.1) is 0 Å². The number of hydrogen-bond acceptors (Lipinski definition) is 3. The molecule has 3 saturated carbocycles. The van der Waals surface area contributed by atoms with Gasteiger partial charge in [-0.2, -0.15) is 0 Å². The van der Waals surface area contributed by atoms with Crippen molar-refractivity contribution in [2.45, 2.75) is 91.9 Å². The monoisotopic (exact) mass is 400 g/mol. The third kappa shape index (κ3) is 3.51. The molecule has 0 unspecified atom stereocenters. The summed E-state index contributed by atoms with van der Waals surface area (Å²) in [5.74, 6) is 4.07. The lowest BCUT2D eigenvalue weighted by molar-refractivity contribution is -0.143. The van der Waals surface area contributed by atoms with Gasteiger partial charge in [0.15, 0.2) is 5.78 Å². The first-order valence-electron chi connectivity index (χ1n) is 12.2. The van der Waals surface area contributed by atoms with E-state index in [1.165, 1.54) is 37.7 Å². The standard InChI is InChI=1S/C26H40O3/c1-5-29-24(28)11-6-17(2)21-9-10-22-20-8-7-18-16-19(27)12-14-25(18,3)23(20)13-15-26(21,22)4/h16-17,20-23H,5-15H2,1-4H3/t17-,20-,21+,22-,23-,25-,26+/m0/s1. The molecule has 0 spiro atoms. The average molecular weight is 401 g/mol. The zero-order chi connectivity index (χ0) is 20.8. The minimum absolute atomic E-state index is 0.0332. The third-order valence-corrected chi connectivity index (χ3v) is 9.83. The van der Waals surface area contributed by atoms with Gasteiger partial charge in [0.25, 0.3) is 0 Å². The quantitative estimate of drug-likeness (QED) is 0.523. The van der Waals surface area contributed by atoms with Gasteiger partial charge in [0.1, 0.15) is 0 Å². The van der Waals surface area contributed by atoms with Crippen LogP contribution in [-0.4, -0.2) is 18.4 Å². The van der Waals surface area contributed by atoms with Gasteiger partial charge in [-0.05, 0) is 105 Å². The maximum absolute atomic E-state index is 12.0. The summed E-state index contributed by atoms with van der Waals surface area (Å²) >= 11 is 0. The Hall–Kier alpha value is -1.12. The zero-order valence-corrected chi connectivity index (χ0v) is 19.0. The number of ether oxygens (including phenoxy) is 1. The highest BCUT2D eigenvalue weighted by atomic mass is 16.5. The number of rotatable bonds is 5. The van der Waals surface area contributed by atoms with Crippen LogP contribution in [0.1, 0.15) is 91.9 Å². The molecule has 4 aliphatic carbocycles. The molecule has 3 fully saturated rings. The van der Waals surface area contributed by atoms with Gasteiger partial charge in [-0.1, -0.05) is 26.3 Å². The predicted molar refractivity (Wildman–Crippen MR) is 115 cm³/mol. The van der Waals surface area contributed by atoms with Crippen LogP contribution in [-0.2, 0) is 14.3 Å².